The van der Waals surface area contributed by atoms with Crippen LogP contribution in [0.2, 0.25) is 19.6 Å². The van der Waals surface area contributed by atoms with Gasteiger partial charge in [-0.1, -0.05) is 19.6 Å². The highest BCUT2D eigenvalue weighted by molar-refractivity contribution is 6.79. The van der Waals surface area contributed by atoms with Crippen LogP contribution < -0.4 is 0 Å². The molecule has 1 aliphatic rings. The molecule has 3 heteroatoms. The number of hydrogen-bond acceptors (Lipinski definition) is 2. The summed E-state index contributed by atoms with van der Waals surface area (Å²) in [6.45, 7) is 9.28. The Labute approximate surface area is 63.2 Å². The zero-order valence-corrected chi connectivity index (χ0v) is 8.14. The third-order valence-corrected chi connectivity index (χ3v) is 5.65. The fraction of sp³-hybridized carbons (Fsp3) is 1.00. The normalized spacial score (nSPS) is 35.7. The second kappa shape index (κ2) is 2.06. The SMILES string of the molecule is C[C@@H](O)[C@]1([Si](C)(C)C)CO1. The Balaban J connectivity index is 2.70. The van der Waals surface area contributed by atoms with Gasteiger partial charge in [-0.15, -0.1) is 0 Å². The minimum atomic E-state index is -1.31. The molecule has 2 nitrogen and oxygen atoms in total. The summed E-state index contributed by atoms with van der Waals surface area (Å²) in [6.07, 6.45) is -0.292. The second-order valence-corrected chi connectivity index (χ2v) is 9.45. The maximum Gasteiger partial charge on any atom is 0.106 e. The highest BCUT2D eigenvalue weighted by Gasteiger charge is 2.58. The molecule has 0 unspecified atom stereocenters. The summed E-state index contributed by atoms with van der Waals surface area (Å²) >= 11 is 0. The first kappa shape index (κ1) is 8.24. The summed E-state index contributed by atoms with van der Waals surface area (Å²) in [5, 5.41) is 9.27. The Kier molecular flexibility index (Phi) is 1.70. The fourth-order valence-corrected chi connectivity index (χ4v) is 3.57. The molecule has 1 heterocycles. The highest BCUT2D eigenvalue weighted by Crippen LogP contribution is 2.39. The van der Waals surface area contributed by atoms with Crippen LogP contribution in [-0.2, 0) is 4.74 Å². The van der Waals surface area contributed by atoms with Crippen molar-refractivity contribution in [3.63, 3.8) is 0 Å². The number of aliphatic hydroxyl groups is 1. The van der Waals surface area contributed by atoms with Gasteiger partial charge >= 0.3 is 0 Å². The van der Waals surface area contributed by atoms with E-state index in [1.54, 1.807) is 0 Å². The van der Waals surface area contributed by atoms with E-state index in [0.29, 0.717) is 0 Å². The molecule has 2 atom stereocenters. The van der Waals surface area contributed by atoms with E-state index in [9.17, 15) is 5.11 Å². The zero-order chi connectivity index (χ0) is 7.99. The van der Waals surface area contributed by atoms with E-state index >= 15 is 0 Å². The molecule has 0 aliphatic carbocycles. The van der Waals surface area contributed by atoms with E-state index in [2.05, 4.69) is 19.6 Å². The van der Waals surface area contributed by atoms with Crippen LogP contribution in [-0.4, -0.2) is 31.1 Å². The average molecular weight is 160 g/mol. The monoisotopic (exact) mass is 160 g/mol. The third kappa shape index (κ3) is 1.02. The summed E-state index contributed by atoms with van der Waals surface area (Å²) in [7, 11) is -1.31. The molecule has 0 amide bonds. The van der Waals surface area contributed by atoms with Gasteiger partial charge < -0.3 is 9.84 Å². The summed E-state index contributed by atoms with van der Waals surface area (Å²) in [5.74, 6) is 0. The van der Waals surface area contributed by atoms with Gasteiger partial charge in [0.2, 0.25) is 0 Å². The van der Waals surface area contributed by atoms with Crippen molar-refractivity contribution < 1.29 is 9.84 Å². The van der Waals surface area contributed by atoms with Gasteiger partial charge in [-0.05, 0) is 6.92 Å². The lowest BCUT2D eigenvalue weighted by Gasteiger charge is -2.27. The van der Waals surface area contributed by atoms with E-state index in [1.807, 2.05) is 6.92 Å². The first-order chi connectivity index (χ1) is 4.40. The van der Waals surface area contributed by atoms with Crippen LogP contribution in [0.4, 0.5) is 0 Å². The molecule has 60 valence electrons. The van der Waals surface area contributed by atoms with Gasteiger partial charge in [0.15, 0.2) is 0 Å². The van der Waals surface area contributed by atoms with Crippen molar-refractivity contribution in [2.75, 3.05) is 6.61 Å². The number of aliphatic hydroxyl groups excluding tert-OH is 1. The lowest BCUT2D eigenvalue weighted by Crippen LogP contribution is -2.49. The van der Waals surface area contributed by atoms with Crippen molar-refractivity contribution in [3.8, 4) is 0 Å². The fourth-order valence-electron chi connectivity index (χ4n) is 1.38. The highest BCUT2D eigenvalue weighted by atomic mass is 28.3. The third-order valence-electron chi connectivity index (χ3n) is 2.40. The van der Waals surface area contributed by atoms with E-state index in [4.69, 9.17) is 4.74 Å². The molecule has 1 rings (SSSR count). The molecule has 0 spiro atoms. The number of ether oxygens (including phenoxy) is 1. The molecule has 0 aromatic carbocycles. The standard InChI is InChI=1S/C7H16O2Si/c1-6(8)7(5-9-7)10(2,3)4/h6,8H,5H2,1-4H3/t6-,7-/m1/s1. The molecule has 0 bridgehead atoms. The molecule has 0 radical (unpaired) electrons. The van der Waals surface area contributed by atoms with Gasteiger partial charge in [-0.25, -0.2) is 0 Å². The first-order valence-corrected chi connectivity index (χ1v) is 7.22. The smallest absolute Gasteiger partial charge is 0.106 e. The van der Waals surface area contributed by atoms with Gasteiger partial charge in [0, 0.05) is 0 Å². The van der Waals surface area contributed by atoms with Gasteiger partial charge in [0.1, 0.15) is 5.22 Å². The first-order valence-electron chi connectivity index (χ1n) is 3.72. The number of hydrogen-bond donors (Lipinski definition) is 1. The molecular weight excluding hydrogens is 144 g/mol. The molecule has 0 aromatic heterocycles. The predicted molar refractivity (Wildman–Crippen MR) is 43.7 cm³/mol. The predicted octanol–water partition coefficient (Wildman–Crippen LogP) is 1.01. The van der Waals surface area contributed by atoms with Crippen LogP contribution in [0.1, 0.15) is 6.92 Å². The van der Waals surface area contributed by atoms with Crippen LogP contribution >= 0.6 is 0 Å². The van der Waals surface area contributed by atoms with Crippen molar-refractivity contribution >= 4 is 8.07 Å². The summed E-state index contributed by atoms with van der Waals surface area (Å²) < 4.78 is 5.33. The second-order valence-electron chi connectivity index (χ2n) is 4.10. The molecule has 1 aliphatic heterocycles. The molecule has 0 aromatic rings. The Morgan fingerprint density at radius 2 is 1.90 bits per heavy atom. The van der Waals surface area contributed by atoms with Gasteiger partial charge in [0.25, 0.3) is 0 Å². The Morgan fingerprint density at radius 3 is 1.90 bits per heavy atom. The van der Waals surface area contributed by atoms with E-state index in [-0.39, 0.29) is 11.3 Å². The minimum Gasteiger partial charge on any atom is -0.391 e. The van der Waals surface area contributed by atoms with Gasteiger partial charge in [0.05, 0.1) is 20.8 Å². The molecule has 1 fully saturated rings. The lowest BCUT2D eigenvalue weighted by atomic mass is 10.3. The van der Waals surface area contributed by atoms with Crippen LogP contribution in [0.3, 0.4) is 0 Å². The van der Waals surface area contributed by atoms with Crippen LogP contribution in [0.5, 0.6) is 0 Å². The Morgan fingerprint density at radius 1 is 1.50 bits per heavy atom. The van der Waals surface area contributed by atoms with Crippen LogP contribution in [0.25, 0.3) is 0 Å². The van der Waals surface area contributed by atoms with Crippen LogP contribution in [0, 0.1) is 0 Å². The van der Waals surface area contributed by atoms with Crippen molar-refractivity contribution in [2.24, 2.45) is 0 Å². The number of rotatable bonds is 2. The van der Waals surface area contributed by atoms with E-state index < -0.39 is 8.07 Å². The Hall–Kier alpha value is 0.137. The van der Waals surface area contributed by atoms with Crippen molar-refractivity contribution in [1.29, 1.82) is 0 Å². The van der Waals surface area contributed by atoms with Crippen molar-refractivity contribution in [2.45, 2.75) is 37.9 Å². The van der Waals surface area contributed by atoms with E-state index in [0.717, 1.165) is 6.61 Å². The zero-order valence-electron chi connectivity index (χ0n) is 7.14. The van der Waals surface area contributed by atoms with Crippen LogP contribution in [0.15, 0.2) is 0 Å². The molecule has 1 saturated heterocycles. The Bertz CT molecular complexity index is 133. The molecule has 10 heavy (non-hydrogen) atoms. The topological polar surface area (TPSA) is 32.8 Å². The maximum absolute atomic E-state index is 9.39. The van der Waals surface area contributed by atoms with Crippen molar-refractivity contribution in [1.82, 2.24) is 0 Å². The largest absolute Gasteiger partial charge is 0.391 e. The maximum atomic E-state index is 9.39. The minimum absolute atomic E-state index is 0.118. The molecule has 0 saturated carbocycles. The summed E-state index contributed by atoms with van der Waals surface area (Å²) in [6, 6.07) is 0. The van der Waals surface area contributed by atoms with E-state index in [1.165, 1.54) is 0 Å². The molecular formula is C7H16O2Si. The van der Waals surface area contributed by atoms with Crippen molar-refractivity contribution in [3.05, 3.63) is 0 Å². The summed E-state index contributed by atoms with van der Waals surface area (Å²) in [4.78, 5) is 0. The quantitative estimate of drug-likeness (QED) is 0.483. The number of epoxide rings is 1. The lowest BCUT2D eigenvalue weighted by molar-refractivity contribution is 0.127. The van der Waals surface area contributed by atoms with Gasteiger partial charge in [-0.3, -0.25) is 0 Å². The summed E-state index contributed by atoms with van der Waals surface area (Å²) in [5.41, 5.74) is 0. The molecule has 1 N–H and O–H groups in total. The average Bonchev–Trinajstić information content (AvgIpc) is 2.36. The van der Waals surface area contributed by atoms with Gasteiger partial charge in [-0.2, -0.15) is 0 Å².